The SMILES string of the molecule is COc1cc2c(cc1OC)-c1c(c(C(=O)NCCCO)nn1-c1ccc(Br)cc1)C2. The molecule has 8 heteroatoms. The minimum atomic E-state index is -0.248. The van der Waals surface area contributed by atoms with Crippen LogP contribution in [0.15, 0.2) is 40.9 Å². The number of aromatic nitrogens is 2. The van der Waals surface area contributed by atoms with E-state index in [0.29, 0.717) is 36.6 Å². The summed E-state index contributed by atoms with van der Waals surface area (Å²) >= 11 is 3.46. The average Bonchev–Trinajstić information content (AvgIpc) is 3.30. The van der Waals surface area contributed by atoms with E-state index in [1.165, 1.54) is 0 Å². The quantitative estimate of drug-likeness (QED) is 0.403. The zero-order chi connectivity index (χ0) is 21.3. The standard InChI is InChI=1S/C22H22BrN3O4/c1-29-18-11-13-10-17-20(22(28)24-8-3-9-27)25-26(15-6-4-14(23)5-7-15)21(17)16(13)12-19(18)30-2/h4-7,11-12,27H,3,8-10H2,1-2H3,(H,24,28). The third-order valence-corrected chi connectivity index (χ3v) is 5.65. The van der Waals surface area contributed by atoms with Crippen molar-refractivity contribution in [3.05, 3.63) is 57.7 Å². The fourth-order valence-electron chi connectivity index (χ4n) is 3.69. The van der Waals surface area contributed by atoms with E-state index < -0.39 is 0 Å². The Morgan fingerprint density at radius 2 is 1.90 bits per heavy atom. The summed E-state index contributed by atoms with van der Waals surface area (Å²) in [5, 5.41) is 16.5. The van der Waals surface area contributed by atoms with Gasteiger partial charge in [-0.05, 0) is 48.4 Å². The molecule has 0 aliphatic heterocycles. The van der Waals surface area contributed by atoms with Crippen molar-refractivity contribution in [3.63, 3.8) is 0 Å². The van der Waals surface area contributed by atoms with Crippen LogP contribution < -0.4 is 14.8 Å². The van der Waals surface area contributed by atoms with Gasteiger partial charge in [0.05, 0.1) is 25.6 Å². The molecule has 3 aromatic rings. The highest BCUT2D eigenvalue weighted by molar-refractivity contribution is 9.10. The molecular formula is C22H22BrN3O4. The highest BCUT2D eigenvalue weighted by Crippen LogP contribution is 2.44. The van der Waals surface area contributed by atoms with Gasteiger partial charge in [-0.25, -0.2) is 4.68 Å². The molecule has 0 bridgehead atoms. The Hall–Kier alpha value is -2.84. The van der Waals surface area contributed by atoms with Gasteiger partial charge < -0.3 is 19.9 Å². The monoisotopic (exact) mass is 471 g/mol. The molecule has 0 unspecified atom stereocenters. The van der Waals surface area contributed by atoms with E-state index in [-0.39, 0.29) is 12.5 Å². The zero-order valence-corrected chi connectivity index (χ0v) is 18.3. The van der Waals surface area contributed by atoms with Gasteiger partial charge >= 0.3 is 0 Å². The Morgan fingerprint density at radius 1 is 1.20 bits per heavy atom. The van der Waals surface area contributed by atoms with E-state index in [9.17, 15) is 4.79 Å². The Bertz CT molecular complexity index is 1090. The van der Waals surface area contributed by atoms with Gasteiger partial charge in [-0.1, -0.05) is 15.9 Å². The lowest BCUT2D eigenvalue weighted by molar-refractivity contribution is 0.0945. The number of rotatable bonds is 7. The number of halogens is 1. The first-order chi connectivity index (χ1) is 14.6. The van der Waals surface area contributed by atoms with E-state index in [1.54, 1.807) is 18.9 Å². The highest BCUT2D eigenvalue weighted by atomic mass is 79.9. The summed E-state index contributed by atoms with van der Waals surface area (Å²) in [6, 6.07) is 11.7. The zero-order valence-electron chi connectivity index (χ0n) is 16.7. The first-order valence-corrected chi connectivity index (χ1v) is 10.4. The third-order valence-electron chi connectivity index (χ3n) is 5.12. The van der Waals surface area contributed by atoms with Gasteiger partial charge in [0.25, 0.3) is 5.91 Å². The Kier molecular flexibility index (Phi) is 5.78. The average molecular weight is 472 g/mol. The molecule has 0 atom stereocenters. The predicted octanol–water partition coefficient (Wildman–Crippen LogP) is 3.34. The van der Waals surface area contributed by atoms with Gasteiger partial charge in [-0.2, -0.15) is 5.10 Å². The Morgan fingerprint density at radius 3 is 2.57 bits per heavy atom. The molecule has 1 heterocycles. The number of amides is 1. The summed E-state index contributed by atoms with van der Waals surface area (Å²) in [7, 11) is 3.21. The number of hydrogen-bond acceptors (Lipinski definition) is 5. The Balaban J connectivity index is 1.86. The number of carbonyl (C=O) groups excluding carboxylic acids is 1. The largest absolute Gasteiger partial charge is 0.493 e. The van der Waals surface area contributed by atoms with Crippen LogP contribution in [0.3, 0.4) is 0 Å². The van der Waals surface area contributed by atoms with Gasteiger partial charge in [-0.15, -0.1) is 0 Å². The molecule has 1 aromatic heterocycles. The number of fused-ring (bicyclic) bond motifs is 3. The number of aliphatic hydroxyl groups is 1. The molecule has 0 saturated heterocycles. The molecule has 1 aliphatic carbocycles. The fourth-order valence-corrected chi connectivity index (χ4v) is 3.95. The topological polar surface area (TPSA) is 85.6 Å². The molecule has 0 radical (unpaired) electrons. The molecular weight excluding hydrogens is 450 g/mol. The minimum Gasteiger partial charge on any atom is -0.493 e. The molecule has 2 N–H and O–H groups in total. The van der Waals surface area contributed by atoms with Gasteiger partial charge in [0.15, 0.2) is 17.2 Å². The Labute approximate surface area is 182 Å². The van der Waals surface area contributed by atoms with Crippen LogP contribution in [0.2, 0.25) is 0 Å². The lowest BCUT2D eigenvalue weighted by Gasteiger charge is -2.12. The molecule has 30 heavy (non-hydrogen) atoms. The lowest BCUT2D eigenvalue weighted by atomic mass is 10.1. The summed E-state index contributed by atoms with van der Waals surface area (Å²) in [5.74, 6) is 1.03. The van der Waals surface area contributed by atoms with Gasteiger partial charge in [0.2, 0.25) is 0 Å². The number of hydrogen-bond donors (Lipinski definition) is 2. The first kappa shape index (κ1) is 20.4. The van der Waals surface area contributed by atoms with Crippen LogP contribution in [-0.2, 0) is 6.42 Å². The van der Waals surface area contributed by atoms with Crippen LogP contribution in [0.25, 0.3) is 16.9 Å². The molecule has 0 spiro atoms. The van der Waals surface area contributed by atoms with Crippen molar-refractivity contribution in [1.29, 1.82) is 0 Å². The number of benzene rings is 2. The van der Waals surface area contributed by atoms with Crippen LogP contribution >= 0.6 is 15.9 Å². The van der Waals surface area contributed by atoms with Crippen molar-refractivity contribution in [2.24, 2.45) is 0 Å². The van der Waals surface area contributed by atoms with E-state index in [1.807, 2.05) is 36.4 Å². The number of ether oxygens (including phenoxy) is 2. The fraction of sp³-hybridized carbons (Fsp3) is 0.273. The summed E-state index contributed by atoms with van der Waals surface area (Å²) < 4.78 is 13.7. The maximum Gasteiger partial charge on any atom is 0.272 e. The number of methoxy groups -OCH3 is 2. The summed E-state index contributed by atoms with van der Waals surface area (Å²) in [6.07, 6.45) is 1.07. The van der Waals surface area contributed by atoms with Crippen molar-refractivity contribution < 1.29 is 19.4 Å². The number of nitrogens with one attached hydrogen (secondary N) is 1. The van der Waals surface area contributed by atoms with E-state index >= 15 is 0 Å². The number of carbonyl (C=O) groups is 1. The molecule has 1 aliphatic rings. The molecule has 1 amide bonds. The van der Waals surface area contributed by atoms with E-state index in [4.69, 9.17) is 14.6 Å². The van der Waals surface area contributed by atoms with Crippen LogP contribution in [0, 0.1) is 0 Å². The van der Waals surface area contributed by atoms with Crippen LogP contribution in [0.4, 0.5) is 0 Å². The minimum absolute atomic E-state index is 0.0246. The van der Waals surface area contributed by atoms with Crippen molar-refractivity contribution in [3.8, 4) is 28.4 Å². The molecule has 7 nitrogen and oxygen atoms in total. The van der Waals surface area contributed by atoms with Crippen molar-refractivity contribution in [1.82, 2.24) is 15.1 Å². The van der Waals surface area contributed by atoms with Gasteiger partial charge in [-0.3, -0.25) is 4.79 Å². The summed E-state index contributed by atoms with van der Waals surface area (Å²) in [4.78, 5) is 12.8. The molecule has 0 saturated carbocycles. The first-order valence-electron chi connectivity index (χ1n) is 9.59. The number of nitrogens with zero attached hydrogens (tertiary/aromatic N) is 2. The maximum atomic E-state index is 12.8. The molecule has 2 aromatic carbocycles. The third kappa shape index (κ3) is 3.57. The van der Waals surface area contributed by atoms with Crippen molar-refractivity contribution in [2.75, 3.05) is 27.4 Å². The summed E-state index contributed by atoms with van der Waals surface area (Å²) in [6.45, 7) is 0.417. The van der Waals surface area contributed by atoms with Crippen LogP contribution in [-0.4, -0.2) is 48.2 Å². The van der Waals surface area contributed by atoms with Crippen LogP contribution in [0.1, 0.15) is 28.0 Å². The van der Waals surface area contributed by atoms with Crippen LogP contribution in [0.5, 0.6) is 11.5 Å². The molecule has 4 rings (SSSR count). The predicted molar refractivity (Wildman–Crippen MR) is 117 cm³/mol. The highest BCUT2D eigenvalue weighted by Gasteiger charge is 2.32. The molecule has 0 fully saturated rings. The normalized spacial score (nSPS) is 11.7. The van der Waals surface area contributed by atoms with E-state index in [2.05, 4.69) is 26.3 Å². The lowest BCUT2D eigenvalue weighted by Crippen LogP contribution is -2.26. The second-order valence-electron chi connectivity index (χ2n) is 6.94. The summed E-state index contributed by atoms with van der Waals surface area (Å²) in [5.41, 5.74) is 5.00. The smallest absolute Gasteiger partial charge is 0.272 e. The molecule has 156 valence electrons. The van der Waals surface area contributed by atoms with Gasteiger partial charge in [0.1, 0.15) is 0 Å². The second kappa shape index (κ2) is 8.49. The second-order valence-corrected chi connectivity index (χ2v) is 7.85. The van der Waals surface area contributed by atoms with Gasteiger partial charge in [0, 0.05) is 35.2 Å². The van der Waals surface area contributed by atoms with E-state index in [0.717, 1.165) is 32.5 Å². The maximum absolute atomic E-state index is 12.8. The van der Waals surface area contributed by atoms with Crippen molar-refractivity contribution in [2.45, 2.75) is 12.8 Å². The van der Waals surface area contributed by atoms with Crippen molar-refractivity contribution >= 4 is 21.8 Å². The number of aliphatic hydroxyl groups excluding tert-OH is 1.